The lowest BCUT2D eigenvalue weighted by molar-refractivity contribution is 0.0985. The summed E-state index contributed by atoms with van der Waals surface area (Å²) in [6.45, 7) is 4.21. The molecule has 0 atom stereocenters. The highest BCUT2D eigenvalue weighted by Crippen LogP contribution is 2.28. The SMILES string of the molecule is CCCN(C(=O)c1cc(-c2ccc(F)cc2)oc1C)c1cccc(CO)c1. The molecule has 3 aromatic rings. The topological polar surface area (TPSA) is 53.7 Å². The number of carbonyl (C=O) groups excluding carboxylic acids is 1. The van der Waals surface area contributed by atoms with Crippen LogP contribution in [0, 0.1) is 12.7 Å². The number of aliphatic hydroxyl groups is 1. The average Bonchev–Trinajstić information content (AvgIpc) is 3.08. The van der Waals surface area contributed by atoms with Crippen molar-refractivity contribution in [3.8, 4) is 11.3 Å². The standard InChI is InChI=1S/C22H22FNO3/c1-3-11-24(19-6-4-5-16(12-19)14-25)22(26)20-13-21(27-15(20)2)17-7-9-18(23)10-8-17/h4-10,12-13,25H,3,11,14H2,1-2H3. The smallest absolute Gasteiger partial charge is 0.261 e. The van der Waals surface area contributed by atoms with Crippen LogP contribution in [0.4, 0.5) is 10.1 Å². The van der Waals surface area contributed by atoms with Crippen LogP contribution >= 0.6 is 0 Å². The highest BCUT2D eigenvalue weighted by molar-refractivity contribution is 6.07. The normalized spacial score (nSPS) is 10.8. The maximum Gasteiger partial charge on any atom is 0.261 e. The molecule has 0 saturated heterocycles. The number of hydrogen-bond donors (Lipinski definition) is 1. The Labute approximate surface area is 157 Å². The molecule has 0 bridgehead atoms. The number of rotatable bonds is 6. The van der Waals surface area contributed by atoms with E-state index < -0.39 is 0 Å². The fourth-order valence-corrected chi connectivity index (χ4v) is 2.99. The van der Waals surface area contributed by atoms with Crippen LogP contribution in [0.1, 0.15) is 35.0 Å². The molecule has 4 nitrogen and oxygen atoms in total. The Balaban J connectivity index is 1.95. The fraction of sp³-hybridized carbons (Fsp3) is 0.227. The van der Waals surface area contributed by atoms with E-state index in [4.69, 9.17) is 4.42 Å². The quantitative estimate of drug-likeness (QED) is 0.671. The molecule has 0 saturated carbocycles. The Bertz CT molecular complexity index is 931. The summed E-state index contributed by atoms with van der Waals surface area (Å²) in [5.41, 5.74) is 2.66. The van der Waals surface area contributed by atoms with E-state index >= 15 is 0 Å². The second-order valence-electron chi connectivity index (χ2n) is 6.37. The summed E-state index contributed by atoms with van der Waals surface area (Å²) in [6.07, 6.45) is 0.789. The van der Waals surface area contributed by atoms with E-state index in [2.05, 4.69) is 0 Å². The molecule has 140 valence electrons. The van der Waals surface area contributed by atoms with Crippen molar-refractivity contribution in [3.63, 3.8) is 0 Å². The van der Waals surface area contributed by atoms with Crippen molar-refractivity contribution < 1.29 is 18.7 Å². The van der Waals surface area contributed by atoms with Crippen molar-refractivity contribution in [2.75, 3.05) is 11.4 Å². The first-order valence-corrected chi connectivity index (χ1v) is 8.91. The molecule has 0 aliphatic heterocycles. The lowest BCUT2D eigenvalue weighted by atomic mass is 10.1. The molecule has 0 fully saturated rings. The minimum atomic E-state index is -0.323. The van der Waals surface area contributed by atoms with E-state index in [-0.39, 0.29) is 18.3 Å². The van der Waals surface area contributed by atoms with E-state index in [1.165, 1.54) is 12.1 Å². The molecule has 0 radical (unpaired) electrons. The van der Waals surface area contributed by atoms with Gasteiger partial charge < -0.3 is 14.4 Å². The van der Waals surface area contributed by atoms with Crippen molar-refractivity contribution in [3.05, 3.63) is 77.3 Å². The third-order valence-electron chi connectivity index (χ3n) is 4.37. The third-order valence-corrected chi connectivity index (χ3v) is 4.37. The average molecular weight is 367 g/mol. The molecule has 2 aromatic carbocycles. The molecular weight excluding hydrogens is 345 g/mol. The maximum atomic E-state index is 13.2. The van der Waals surface area contributed by atoms with Gasteiger partial charge in [-0.3, -0.25) is 4.79 Å². The van der Waals surface area contributed by atoms with Gasteiger partial charge in [-0.05, 0) is 61.4 Å². The molecule has 1 amide bonds. The molecule has 1 N–H and O–H groups in total. The van der Waals surface area contributed by atoms with E-state index in [9.17, 15) is 14.3 Å². The minimum Gasteiger partial charge on any atom is -0.461 e. The number of amides is 1. The van der Waals surface area contributed by atoms with Crippen LogP contribution in [-0.4, -0.2) is 17.6 Å². The summed E-state index contributed by atoms with van der Waals surface area (Å²) < 4.78 is 18.9. The minimum absolute atomic E-state index is 0.0819. The second-order valence-corrected chi connectivity index (χ2v) is 6.37. The summed E-state index contributed by atoms with van der Waals surface area (Å²) >= 11 is 0. The highest BCUT2D eigenvalue weighted by Gasteiger charge is 2.22. The first kappa shape index (κ1) is 18.9. The molecule has 5 heteroatoms. The van der Waals surface area contributed by atoms with Crippen molar-refractivity contribution in [1.29, 1.82) is 0 Å². The maximum absolute atomic E-state index is 13.2. The molecular formula is C22H22FNO3. The van der Waals surface area contributed by atoms with Gasteiger partial charge in [-0.15, -0.1) is 0 Å². The second kappa shape index (κ2) is 8.18. The summed E-state index contributed by atoms with van der Waals surface area (Å²) in [6, 6.07) is 15.0. The number of benzene rings is 2. The van der Waals surface area contributed by atoms with Crippen LogP contribution < -0.4 is 4.90 Å². The van der Waals surface area contributed by atoms with Gasteiger partial charge in [0, 0.05) is 17.8 Å². The summed E-state index contributed by atoms with van der Waals surface area (Å²) in [7, 11) is 0. The number of aryl methyl sites for hydroxylation is 1. The Morgan fingerprint density at radius 1 is 1.15 bits per heavy atom. The number of furan rings is 1. The fourth-order valence-electron chi connectivity index (χ4n) is 2.99. The van der Waals surface area contributed by atoms with Gasteiger partial charge in [0.2, 0.25) is 0 Å². The molecule has 0 aliphatic rings. The van der Waals surface area contributed by atoms with Crippen LogP contribution in [0.2, 0.25) is 0 Å². The van der Waals surface area contributed by atoms with Crippen LogP contribution in [0.5, 0.6) is 0 Å². The monoisotopic (exact) mass is 367 g/mol. The van der Waals surface area contributed by atoms with Crippen LogP contribution in [0.3, 0.4) is 0 Å². The zero-order valence-corrected chi connectivity index (χ0v) is 15.4. The van der Waals surface area contributed by atoms with Crippen LogP contribution in [-0.2, 0) is 6.61 Å². The molecule has 0 spiro atoms. The first-order valence-electron chi connectivity index (χ1n) is 8.91. The Morgan fingerprint density at radius 2 is 1.89 bits per heavy atom. The largest absolute Gasteiger partial charge is 0.461 e. The van der Waals surface area contributed by atoms with E-state index in [1.54, 1.807) is 30.0 Å². The van der Waals surface area contributed by atoms with Gasteiger partial charge >= 0.3 is 0 Å². The Kier molecular flexibility index (Phi) is 5.72. The number of aliphatic hydroxyl groups excluding tert-OH is 1. The first-order chi connectivity index (χ1) is 13.0. The Hall–Kier alpha value is -2.92. The summed E-state index contributed by atoms with van der Waals surface area (Å²) in [5, 5.41) is 9.38. The van der Waals surface area contributed by atoms with Crippen molar-refractivity contribution in [2.45, 2.75) is 26.9 Å². The molecule has 0 aliphatic carbocycles. The molecule has 3 rings (SSSR count). The zero-order chi connectivity index (χ0) is 19.4. The van der Waals surface area contributed by atoms with Gasteiger partial charge in [-0.1, -0.05) is 19.1 Å². The number of carbonyl (C=O) groups is 1. The molecule has 1 heterocycles. The molecule has 1 aromatic heterocycles. The van der Waals surface area contributed by atoms with Crippen LogP contribution in [0.15, 0.2) is 59.0 Å². The van der Waals surface area contributed by atoms with Crippen LogP contribution in [0.25, 0.3) is 11.3 Å². The van der Waals surface area contributed by atoms with Gasteiger partial charge in [0.1, 0.15) is 17.3 Å². The zero-order valence-electron chi connectivity index (χ0n) is 15.4. The van der Waals surface area contributed by atoms with Crippen molar-refractivity contribution in [1.82, 2.24) is 0 Å². The summed E-state index contributed by atoms with van der Waals surface area (Å²) in [5.74, 6) is 0.549. The van der Waals surface area contributed by atoms with E-state index in [0.29, 0.717) is 29.2 Å². The lowest BCUT2D eigenvalue weighted by Crippen LogP contribution is -2.31. The van der Waals surface area contributed by atoms with E-state index in [1.807, 2.05) is 31.2 Å². The predicted molar refractivity (Wildman–Crippen MR) is 103 cm³/mol. The van der Waals surface area contributed by atoms with E-state index in [0.717, 1.165) is 17.7 Å². The highest BCUT2D eigenvalue weighted by atomic mass is 19.1. The van der Waals surface area contributed by atoms with Gasteiger partial charge in [0.15, 0.2) is 0 Å². The van der Waals surface area contributed by atoms with Gasteiger partial charge in [-0.2, -0.15) is 0 Å². The van der Waals surface area contributed by atoms with Crippen molar-refractivity contribution in [2.24, 2.45) is 0 Å². The number of halogens is 1. The number of hydrogen-bond acceptors (Lipinski definition) is 3. The molecule has 0 unspecified atom stereocenters. The van der Waals surface area contributed by atoms with Gasteiger partial charge in [0.25, 0.3) is 5.91 Å². The van der Waals surface area contributed by atoms with Crippen molar-refractivity contribution >= 4 is 11.6 Å². The van der Waals surface area contributed by atoms with Gasteiger partial charge in [-0.25, -0.2) is 4.39 Å². The predicted octanol–water partition coefficient (Wildman–Crippen LogP) is 4.94. The number of anilines is 1. The van der Waals surface area contributed by atoms with Gasteiger partial charge in [0.05, 0.1) is 12.2 Å². The number of nitrogens with zero attached hydrogens (tertiary/aromatic N) is 1. The third kappa shape index (κ3) is 4.09. The Morgan fingerprint density at radius 3 is 2.56 bits per heavy atom. The molecule has 27 heavy (non-hydrogen) atoms. The lowest BCUT2D eigenvalue weighted by Gasteiger charge is -2.22. The summed E-state index contributed by atoms with van der Waals surface area (Å²) in [4.78, 5) is 14.9.